The van der Waals surface area contributed by atoms with Gasteiger partial charge in [-0.05, 0) is 59.3 Å². The molecule has 2 bridgehead atoms. The molecule has 3 aliphatic rings. The summed E-state index contributed by atoms with van der Waals surface area (Å²) in [6.07, 6.45) is 2.68. The number of likely N-dealkylation sites (tertiary alicyclic amines) is 1. The van der Waals surface area contributed by atoms with E-state index in [1.165, 1.54) is 0 Å². The molecule has 8 heteroatoms. The number of ether oxygens (including phenoxy) is 1. The fraction of sp³-hybridized carbons (Fsp3) is 0.864. The van der Waals surface area contributed by atoms with Crippen LogP contribution in [-0.4, -0.2) is 70.7 Å². The molecule has 3 saturated heterocycles. The zero-order chi connectivity index (χ0) is 22.5. The van der Waals surface area contributed by atoms with Crippen molar-refractivity contribution in [1.82, 2.24) is 15.5 Å². The molecule has 0 saturated carbocycles. The fourth-order valence-electron chi connectivity index (χ4n) is 5.84. The lowest BCUT2D eigenvalue weighted by molar-refractivity contribution is -0.148. The van der Waals surface area contributed by atoms with Crippen LogP contribution in [-0.2, 0) is 19.1 Å². The van der Waals surface area contributed by atoms with Crippen molar-refractivity contribution in [2.45, 2.75) is 83.1 Å². The number of nitrogens with zero attached hydrogens (tertiary/aromatic N) is 1. The Labute approximate surface area is 179 Å². The van der Waals surface area contributed by atoms with Gasteiger partial charge in [-0.25, -0.2) is 0 Å². The first-order valence-corrected chi connectivity index (χ1v) is 11.1. The number of carbonyl (C=O) groups is 3. The zero-order valence-electron chi connectivity index (χ0n) is 19.1. The molecule has 0 radical (unpaired) electrons. The van der Waals surface area contributed by atoms with Crippen molar-refractivity contribution in [2.75, 3.05) is 20.2 Å². The largest absolute Gasteiger partial charge is 0.396 e. The number of carbonyl (C=O) groups excluding carboxylic acids is 3. The molecule has 3 amide bonds. The molecule has 30 heavy (non-hydrogen) atoms. The standard InChI is InChI=1S/C22H37N3O5/c1-13-12-22-15(14(17(27)23-6)21(13,5)30-22)19(29)25(10-8-7-9-11-26)16(22)18(28)24-20(2,3)4/h13-16,26H,7-12H2,1-6H3,(H,23,27)(H,24,28)/t13?,14-,15+,16?,21+,22?/m1/s1. The van der Waals surface area contributed by atoms with E-state index in [0.29, 0.717) is 25.8 Å². The number of hydrogen-bond donors (Lipinski definition) is 3. The predicted molar refractivity (Wildman–Crippen MR) is 111 cm³/mol. The maximum Gasteiger partial charge on any atom is 0.246 e. The quantitative estimate of drug-likeness (QED) is 0.526. The molecule has 8 nitrogen and oxygen atoms in total. The van der Waals surface area contributed by atoms with Crippen LogP contribution in [0.15, 0.2) is 0 Å². The summed E-state index contributed by atoms with van der Waals surface area (Å²) in [6, 6.07) is -0.762. The summed E-state index contributed by atoms with van der Waals surface area (Å²) in [5.74, 6) is -1.84. The Kier molecular flexibility index (Phi) is 5.97. The van der Waals surface area contributed by atoms with Crippen molar-refractivity contribution in [3.05, 3.63) is 0 Å². The number of amides is 3. The van der Waals surface area contributed by atoms with Gasteiger partial charge in [-0.3, -0.25) is 14.4 Å². The summed E-state index contributed by atoms with van der Waals surface area (Å²) in [4.78, 5) is 41.6. The molecule has 3 N–H and O–H groups in total. The van der Waals surface area contributed by atoms with E-state index in [1.807, 2.05) is 34.6 Å². The average Bonchev–Trinajstić information content (AvgIpc) is 3.14. The molecule has 0 aliphatic carbocycles. The van der Waals surface area contributed by atoms with Gasteiger partial charge in [0, 0.05) is 25.7 Å². The first kappa shape index (κ1) is 23.0. The van der Waals surface area contributed by atoms with Crippen LogP contribution in [0.4, 0.5) is 0 Å². The summed E-state index contributed by atoms with van der Waals surface area (Å²) in [5.41, 5.74) is -2.22. The van der Waals surface area contributed by atoms with E-state index < -0.39 is 34.6 Å². The van der Waals surface area contributed by atoms with Gasteiger partial charge in [-0.15, -0.1) is 0 Å². The second kappa shape index (κ2) is 7.79. The van der Waals surface area contributed by atoms with Gasteiger partial charge in [0.25, 0.3) is 0 Å². The minimum atomic E-state index is -0.991. The third-order valence-electron chi connectivity index (χ3n) is 7.15. The normalized spacial score (nSPS) is 37.4. The molecule has 3 fully saturated rings. The topological polar surface area (TPSA) is 108 Å². The Hall–Kier alpha value is -1.67. The van der Waals surface area contributed by atoms with Crippen LogP contribution in [0.1, 0.15) is 60.3 Å². The van der Waals surface area contributed by atoms with Crippen LogP contribution in [0.5, 0.6) is 0 Å². The van der Waals surface area contributed by atoms with Gasteiger partial charge in [0.1, 0.15) is 11.6 Å². The lowest BCUT2D eigenvalue weighted by Gasteiger charge is -2.36. The molecule has 1 spiro atoms. The number of aliphatic hydroxyl groups is 1. The highest BCUT2D eigenvalue weighted by Crippen LogP contribution is 2.65. The smallest absolute Gasteiger partial charge is 0.246 e. The Morgan fingerprint density at radius 3 is 2.47 bits per heavy atom. The van der Waals surface area contributed by atoms with Gasteiger partial charge in [-0.2, -0.15) is 0 Å². The van der Waals surface area contributed by atoms with Gasteiger partial charge in [-0.1, -0.05) is 6.92 Å². The van der Waals surface area contributed by atoms with Crippen LogP contribution in [0.25, 0.3) is 0 Å². The second-order valence-electron chi connectivity index (χ2n) is 10.4. The van der Waals surface area contributed by atoms with Gasteiger partial charge < -0.3 is 25.4 Å². The first-order chi connectivity index (χ1) is 13.9. The zero-order valence-corrected chi connectivity index (χ0v) is 19.1. The molecule has 0 aromatic rings. The summed E-state index contributed by atoms with van der Waals surface area (Å²) >= 11 is 0. The lowest BCUT2D eigenvalue weighted by Crippen LogP contribution is -2.58. The third kappa shape index (κ3) is 3.42. The molecule has 3 rings (SSSR count). The summed E-state index contributed by atoms with van der Waals surface area (Å²) in [7, 11) is 1.57. The Bertz CT molecular complexity index is 720. The molecule has 3 unspecified atom stereocenters. The molecular weight excluding hydrogens is 386 g/mol. The molecule has 0 aromatic heterocycles. The summed E-state index contributed by atoms with van der Waals surface area (Å²) in [6.45, 7) is 10.2. The van der Waals surface area contributed by atoms with Gasteiger partial charge >= 0.3 is 0 Å². The van der Waals surface area contributed by atoms with Crippen molar-refractivity contribution < 1.29 is 24.2 Å². The van der Waals surface area contributed by atoms with Crippen molar-refractivity contribution in [3.8, 4) is 0 Å². The van der Waals surface area contributed by atoms with Crippen molar-refractivity contribution in [3.63, 3.8) is 0 Å². The second-order valence-corrected chi connectivity index (χ2v) is 10.4. The van der Waals surface area contributed by atoms with Gasteiger partial charge in [0.15, 0.2) is 0 Å². The SMILES string of the molecule is CNC(=O)[C@H]1[C@H]2C(=O)N(CCCCCO)C(C(=O)NC(C)(C)C)C23CC(C)[C@]1(C)O3. The molecule has 6 atom stereocenters. The van der Waals surface area contributed by atoms with E-state index in [9.17, 15) is 14.4 Å². The van der Waals surface area contributed by atoms with Gasteiger partial charge in [0.05, 0.1) is 17.4 Å². The maximum atomic E-state index is 13.6. The molecule has 3 heterocycles. The number of rotatable bonds is 7. The van der Waals surface area contributed by atoms with Crippen LogP contribution in [0, 0.1) is 17.8 Å². The van der Waals surface area contributed by atoms with Crippen LogP contribution < -0.4 is 10.6 Å². The summed E-state index contributed by atoms with van der Waals surface area (Å²) in [5, 5.41) is 14.8. The molecule has 0 aromatic carbocycles. The fourth-order valence-corrected chi connectivity index (χ4v) is 5.84. The van der Waals surface area contributed by atoms with Crippen molar-refractivity contribution >= 4 is 17.7 Å². The third-order valence-corrected chi connectivity index (χ3v) is 7.15. The highest BCUT2D eigenvalue weighted by molar-refractivity contribution is 5.99. The molecule has 170 valence electrons. The average molecular weight is 424 g/mol. The number of nitrogens with one attached hydrogen (secondary N) is 2. The minimum absolute atomic E-state index is 0.0446. The molecular formula is C22H37N3O5. The van der Waals surface area contributed by atoms with Crippen molar-refractivity contribution in [2.24, 2.45) is 17.8 Å². The lowest BCUT2D eigenvalue weighted by atomic mass is 9.62. The highest BCUT2D eigenvalue weighted by atomic mass is 16.5. The molecule has 3 aliphatic heterocycles. The van der Waals surface area contributed by atoms with Crippen LogP contribution in [0.3, 0.4) is 0 Å². The van der Waals surface area contributed by atoms with E-state index in [1.54, 1.807) is 11.9 Å². The van der Waals surface area contributed by atoms with E-state index in [-0.39, 0.29) is 30.2 Å². The number of unbranched alkanes of at least 4 members (excludes halogenated alkanes) is 2. The summed E-state index contributed by atoms with van der Waals surface area (Å²) < 4.78 is 6.57. The van der Waals surface area contributed by atoms with Gasteiger partial charge in [0.2, 0.25) is 17.7 Å². The predicted octanol–water partition coefficient (Wildman–Crippen LogP) is 0.820. The van der Waals surface area contributed by atoms with E-state index >= 15 is 0 Å². The number of fused-ring (bicyclic) bond motifs is 1. The van der Waals surface area contributed by atoms with E-state index in [2.05, 4.69) is 10.6 Å². The minimum Gasteiger partial charge on any atom is -0.396 e. The number of hydrogen-bond acceptors (Lipinski definition) is 5. The highest BCUT2D eigenvalue weighted by Gasteiger charge is 2.79. The Balaban J connectivity index is 2.01. The van der Waals surface area contributed by atoms with Crippen LogP contribution in [0.2, 0.25) is 0 Å². The van der Waals surface area contributed by atoms with Crippen LogP contribution >= 0.6 is 0 Å². The first-order valence-electron chi connectivity index (χ1n) is 11.1. The Morgan fingerprint density at radius 1 is 1.23 bits per heavy atom. The maximum absolute atomic E-state index is 13.6. The van der Waals surface area contributed by atoms with E-state index in [0.717, 1.165) is 6.42 Å². The van der Waals surface area contributed by atoms with E-state index in [4.69, 9.17) is 9.84 Å². The number of aliphatic hydroxyl groups excluding tert-OH is 1. The monoisotopic (exact) mass is 423 g/mol. The van der Waals surface area contributed by atoms with Crippen molar-refractivity contribution in [1.29, 1.82) is 0 Å². The Morgan fingerprint density at radius 2 is 1.90 bits per heavy atom.